The monoisotopic (exact) mass is 407 g/mol. The molecule has 8 heteroatoms. The molecule has 0 aliphatic heterocycles. The summed E-state index contributed by atoms with van der Waals surface area (Å²) in [6, 6.07) is 11.4. The van der Waals surface area contributed by atoms with Crippen molar-refractivity contribution in [3.8, 4) is 11.5 Å². The predicted molar refractivity (Wildman–Crippen MR) is 110 cm³/mol. The maximum Gasteiger partial charge on any atom is 0.337 e. The van der Waals surface area contributed by atoms with Crippen LogP contribution >= 0.6 is 0 Å². The van der Waals surface area contributed by atoms with Gasteiger partial charge in [0.05, 0.1) is 11.7 Å². The number of rotatable bonds is 8. The first-order valence-electron chi connectivity index (χ1n) is 9.25. The van der Waals surface area contributed by atoms with Crippen molar-refractivity contribution in [3.05, 3.63) is 77.7 Å². The molecule has 2 aromatic heterocycles. The summed E-state index contributed by atoms with van der Waals surface area (Å²) in [5.41, 5.74) is 1.24. The number of carbonyl (C=O) groups is 2. The van der Waals surface area contributed by atoms with E-state index < -0.39 is 11.9 Å². The fourth-order valence-electron chi connectivity index (χ4n) is 2.56. The number of pyridine rings is 2. The Morgan fingerprint density at radius 3 is 2.50 bits per heavy atom. The summed E-state index contributed by atoms with van der Waals surface area (Å²) in [5.74, 6) is -0.317. The standard InChI is InChI=1S/C22H21N3O5/c1-14(2)30-19-9-17(8-18(10-19)29-13-15-4-3-7-23-11-15)21(26)25-20-6-5-16(12-24-20)22(27)28/h3-12,14H,13H2,1-2H3,(H,27,28)(H,24,25,26). The lowest BCUT2D eigenvalue weighted by Crippen LogP contribution is -2.14. The van der Waals surface area contributed by atoms with Crippen LogP contribution in [0.4, 0.5) is 5.82 Å². The minimum absolute atomic E-state index is 0.0337. The van der Waals surface area contributed by atoms with Gasteiger partial charge in [-0.05, 0) is 44.2 Å². The molecular formula is C22H21N3O5. The van der Waals surface area contributed by atoms with Crippen molar-refractivity contribution in [3.63, 3.8) is 0 Å². The SMILES string of the molecule is CC(C)Oc1cc(OCc2cccnc2)cc(C(=O)Nc2ccc(C(=O)O)cn2)c1. The second-order valence-electron chi connectivity index (χ2n) is 6.70. The number of hydrogen-bond acceptors (Lipinski definition) is 6. The van der Waals surface area contributed by atoms with Crippen LogP contribution in [0.15, 0.2) is 61.1 Å². The zero-order valence-corrected chi connectivity index (χ0v) is 16.5. The Kier molecular flexibility index (Phi) is 6.59. The highest BCUT2D eigenvalue weighted by molar-refractivity contribution is 6.04. The number of carboxylic acids is 1. The third-order valence-corrected chi connectivity index (χ3v) is 3.89. The molecule has 0 unspecified atom stereocenters. The third-order valence-electron chi connectivity index (χ3n) is 3.89. The van der Waals surface area contributed by atoms with Gasteiger partial charge in [0.2, 0.25) is 0 Å². The molecule has 0 aliphatic carbocycles. The van der Waals surface area contributed by atoms with Gasteiger partial charge in [-0.25, -0.2) is 9.78 Å². The van der Waals surface area contributed by atoms with Crippen molar-refractivity contribution in [1.82, 2.24) is 9.97 Å². The summed E-state index contributed by atoms with van der Waals surface area (Å²) in [5, 5.41) is 11.6. The summed E-state index contributed by atoms with van der Waals surface area (Å²) >= 11 is 0. The van der Waals surface area contributed by atoms with Crippen LogP contribution in [-0.4, -0.2) is 33.1 Å². The Labute approximate surface area is 173 Å². The highest BCUT2D eigenvalue weighted by Gasteiger charge is 2.13. The summed E-state index contributed by atoms with van der Waals surface area (Å²) in [7, 11) is 0. The maximum absolute atomic E-state index is 12.7. The average molecular weight is 407 g/mol. The second-order valence-corrected chi connectivity index (χ2v) is 6.70. The molecule has 3 rings (SSSR count). The van der Waals surface area contributed by atoms with Crippen LogP contribution in [-0.2, 0) is 6.61 Å². The normalized spacial score (nSPS) is 10.5. The molecule has 3 aromatic rings. The van der Waals surface area contributed by atoms with Crippen molar-refractivity contribution in [2.45, 2.75) is 26.6 Å². The first kappa shape index (κ1) is 20.8. The summed E-state index contributed by atoms with van der Waals surface area (Å²) in [4.78, 5) is 31.6. The van der Waals surface area contributed by atoms with E-state index in [0.717, 1.165) is 5.56 Å². The first-order chi connectivity index (χ1) is 14.4. The van der Waals surface area contributed by atoms with Crippen LogP contribution < -0.4 is 14.8 Å². The highest BCUT2D eigenvalue weighted by atomic mass is 16.5. The van der Waals surface area contributed by atoms with Gasteiger partial charge in [-0.1, -0.05) is 6.07 Å². The lowest BCUT2D eigenvalue weighted by Gasteiger charge is -2.14. The smallest absolute Gasteiger partial charge is 0.337 e. The quantitative estimate of drug-likeness (QED) is 0.584. The molecule has 0 saturated heterocycles. The van der Waals surface area contributed by atoms with Gasteiger partial charge in [-0.15, -0.1) is 0 Å². The Hall–Kier alpha value is -3.94. The molecule has 2 heterocycles. The summed E-state index contributed by atoms with van der Waals surface area (Å²) in [6.07, 6.45) is 4.48. The third kappa shape index (κ3) is 5.78. The lowest BCUT2D eigenvalue weighted by molar-refractivity contribution is 0.0696. The number of nitrogens with zero attached hydrogens (tertiary/aromatic N) is 2. The molecule has 1 amide bonds. The van der Waals surface area contributed by atoms with Crippen LogP contribution in [0.1, 0.15) is 40.1 Å². The van der Waals surface area contributed by atoms with Gasteiger partial charge in [0.15, 0.2) is 0 Å². The molecule has 1 aromatic carbocycles. The van der Waals surface area contributed by atoms with Crippen LogP contribution in [0.2, 0.25) is 0 Å². The van der Waals surface area contributed by atoms with Gasteiger partial charge in [-0.2, -0.15) is 0 Å². The van der Waals surface area contributed by atoms with Crippen molar-refractivity contribution >= 4 is 17.7 Å². The molecule has 154 valence electrons. The van der Waals surface area contributed by atoms with Crippen molar-refractivity contribution < 1.29 is 24.2 Å². The van der Waals surface area contributed by atoms with Gasteiger partial charge in [0.1, 0.15) is 23.9 Å². The number of aromatic nitrogens is 2. The van der Waals surface area contributed by atoms with Crippen molar-refractivity contribution in [1.29, 1.82) is 0 Å². The molecule has 2 N–H and O–H groups in total. The Bertz CT molecular complexity index is 1020. The summed E-state index contributed by atoms with van der Waals surface area (Å²) in [6.45, 7) is 4.06. The van der Waals surface area contributed by atoms with Crippen LogP contribution in [0, 0.1) is 0 Å². The molecule has 8 nitrogen and oxygen atoms in total. The molecule has 0 spiro atoms. The van der Waals surface area contributed by atoms with E-state index in [2.05, 4.69) is 15.3 Å². The predicted octanol–water partition coefficient (Wildman–Crippen LogP) is 3.79. The van der Waals surface area contributed by atoms with Crippen LogP contribution in [0.5, 0.6) is 11.5 Å². The number of carboxylic acid groups (broad SMARTS) is 1. The van der Waals surface area contributed by atoms with Gasteiger partial charge in [0.25, 0.3) is 5.91 Å². The lowest BCUT2D eigenvalue weighted by atomic mass is 10.1. The molecule has 0 atom stereocenters. The van der Waals surface area contributed by atoms with Gasteiger partial charge in [0, 0.05) is 35.8 Å². The zero-order chi connectivity index (χ0) is 21.5. The molecule has 0 fully saturated rings. The second kappa shape index (κ2) is 9.51. The van der Waals surface area contributed by atoms with E-state index in [1.807, 2.05) is 26.0 Å². The highest BCUT2D eigenvalue weighted by Crippen LogP contribution is 2.25. The van der Waals surface area contributed by atoms with Crippen molar-refractivity contribution in [2.75, 3.05) is 5.32 Å². The Morgan fingerprint density at radius 1 is 1.07 bits per heavy atom. The Morgan fingerprint density at radius 2 is 1.87 bits per heavy atom. The van der Waals surface area contributed by atoms with E-state index in [1.54, 1.807) is 30.6 Å². The minimum Gasteiger partial charge on any atom is -0.491 e. The van der Waals surface area contributed by atoms with E-state index in [0.29, 0.717) is 17.1 Å². The molecule has 0 bridgehead atoms. The summed E-state index contributed by atoms with van der Waals surface area (Å²) < 4.78 is 11.6. The van der Waals surface area contributed by atoms with Crippen LogP contribution in [0.25, 0.3) is 0 Å². The number of carbonyl (C=O) groups excluding carboxylic acids is 1. The molecule has 0 radical (unpaired) electrons. The van der Waals surface area contributed by atoms with Crippen LogP contribution in [0.3, 0.4) is 0 Å². The molecule has 30 heavy (non-hydrogen) atoms. The van der Waals surface area contributed by atoms with E-state index >= 15 is 0 Å². The number of aromatic carboxylic acids is 1. The van der Waals surface area contributed by atoms with E-state index in [9.17, 15) is 9.59 Å². The fraction of sp³-hybridized carbons (Fsp3) is 0.182. The number of ether oxygens (including phenoxy) is 2. The van der Waals surface area contributed by atoms with Gasteiger partial charge >= 0.3 is 5.97 Å². The Balaban J connectivity index is 1.78. The molecular weight excluding hydrogens is 386 g/mol. The number of hydrogen-bond donors (Lipinski definition) is 2. The topological polar surface area (TPSA) is 111 Å². The fourth-order valence-corrected chi connectivity index (χ4v) is 2.56. The van der Waals surface area contributed by atoms with Crippen molar-refractivity contribution in [2.24, 2.45) is 0 Å². The van der Waals surface area contributed by atoms with Gasteiger partial charge in [-0.3, -0.25) is 9.78 Å². The molecule has 0 saturated carbocycles. The number of amides is 1. The number of benzene rings is 1. The zero-order valence-electron chi connectivity index (χ0n) is 16.5. The number of anilines is 1. The van der Waals surface area contributed by atoms with E-state index in [1.165, 1.54) is 18.3 Å². The van der Waals surface area contributed by atoms with Gasteiger partial charge < -0.3 is 19.9 Å². The van der Waals surface area contributed by atoms with E-state index in [-0.39, 0.29) is 24.1 Å². The largest absolute Gasteiger partial charge is 0.491 e. The first-order valence-corrected chi connectivity index (χ1v) is 9.25. The average Bonchev–Trinajstić information content (AvgIpc) is 2.73. The number of nitrogens with one attached hydrogen (secondary N) is 1. The van der Waals surface area contributed by atoms with E-state index in [4.69, 9.17) is 14.6 Å². The maximum atomic E-state index is 12.7. The minimum atomic E-state index is -1.09. The molecule has 0 aliphatic rings.